The van der Waals surface area contributed by atoms with Crippen molar-refractivity contribution in [2.75, 3.05) is 0 Å². The van der Waals surface area contributed by atoms with Crippen LogP contribution in [0.4, 0.5) is 0 Å². The largest absolute Gasteiger partial charge is 0.378 e. The van der Waals surface area contributed by atoms with E-state index in [1.165, 1.54) is 0 Å². The third-order valence-corrected chi connectivity index (χ3v) is 3.46. The Morgan fingerprint density at radius 3 is 2.96 bits per heavy atom. The summed E-state index contributed by atoms with van der Waals surface area (Å²) in [6.45, 7) is 3.41. The van der Waals surface area contributed by atoms with E-state index in [-0.39, 0.29) is 12.5 Å². The van der Waals surface area contributed by atoms with Crippen molar-refractivity contribution in [3.63, 3.8) is 0 Å². The van der Waals surface area contributed by atoms with Crippen molar-refractivity contribution in [3.8, 4) is 11.8 Å². The van der Waals surface area contributed by atoms with Gasteiger partial charge in [0.15, 0.2) is 5.82 Å². The van der Waals surface area contributed by atoms with Crippen LogP contribution in [-0.2, 0) is 6.54 Å². The number of aromatic nitrogens is 2. The van der Waals surface area contributed by atoms with Gasteiger partial charge in [-0.25, -0.2) is 0 Å². The van der Waals surface area contributed by atoms with Crippen LogP contribution in [0.1, 0.15) is 60.2 Å². The molecular weight excluding hydrogens is 306 g/mol. The summed E-state index contributed by atoms with van der Waals surface area (Å²) in [4.78, 5) is 16.5. The second-order valence-corrected chi connectivity index (χ2v) is 6.39. The summed E-state index contributed by atoms with van der Waals surface area (Å²) >= 11 is 0. The van der Waals surface area contributed by atoms with Gasteiger partial charge >= 0.3 is 0 Å². The van der Waals surface area contributed by atoms with Crippen molar-refractivity contribution in [3.05, 3.63) is 47.1 Å². The first-order chi connectivity index (χ1) is 11.4. The smallest absolute Gasteiger partial charge is 0.251 e. The molecular formula is C18H19N3O3. The lowest BCUT2D eigenvalue weighted by Crippen LogP contribution is -2.23. The number of rotatable bonds is 4. The number of carbonyl (C=O) groups is 1. The van der Waals surface area contributed by atoms with E-state index in [0.29, 0.717) is 22.9 Å². The fraction of sp³-hybridized carbons (Fsp3) is 0.389. The van der Waals surface area contributed by atoms with Crippen LogP contribution in [0, 0.1) is 11.8 Å². The number of hydrogen-bond donors (Lipinski definition) is 2. The monoisotopic (exact) mass is 325 g/mol. The maximum absolute atomic E-state index is 12.2. The molecule has 2 N–H and O–H groups in total. The zero-order valence-corrected chi connectivity index (χ0v) is 13.7. The number of amides is 1. The number of carbonyl (C=O) groups excluding carboxylic acids is 1. The first kappa shape index (κ1) is 16.2. The predicted molar refractivity (Wildman–Crippen MR) is 87.1 cm³/mol. The van der Waals surface area contributed by atoms with Gasteiger partial charge in [0.2, 0.25) is 5.89 Å². The Labute approximate surface area is 140 Å². The predicted octanol–water partition coefficient (Wildman–Crippen LogP) is 2.00. The number of nitrogens with one attached hydrogen (secondary N) is 1. The van der Waals surface area contributed by atoms with E-state index in [2.05, 4.69) is 27.3 Å². The second-order valence-electron chi connectivity index (χ2n) is 6.39. The van der Waals surface area contributed by atoms with Crippen molar-refractivity contribution >= 4 is 5.91 Å². The molecule has 0 saturated heterocycles. The molecule has 0 atom stereocenters. The van der Waals surface area contributed by atoms with E-state index in [9.17, 15) is 9.90 Å². The average Bonchev–Trinajstić information content (AvgIpc) is 3.29. The molecule has 1 fully saturated rings. The molecule has 1 aliphatic carbocycles. The van der Waals surface area contributed by atoms with Crippen LogP contribution in [0.3, 0.4) is 0 Å². The van der Waals surface area contributed by atoms with Gasteiger partial charge in [-0.3, -0.25) is 4.79 Å². The summed E-state index contributed by atoms with van der Waals surface area (Å²) < 4.78 is 5.13. The lowest BCUT2D eigenvalue weighted by atomic mass is 10.1. The Morgan fingerprint density at radius 1 is 1.46 bits per heavy atom. The highest BCUT2D eigenvalue weighted by atomic mass is 16.5. The topological polar surface area (TPSA) is 88.2 Å². The fourth-order valence-electron chi connectivity index (χ4n) is 2.07. The van der Waals surface area contributed by atoms with Crippen LogP contribution in [0.5, 0.6) is 0 Å². The molecule has 0 radical (unpaired) electrons. The normalized spacial score (nSPS) is 14.0. The number of nitrogens with zero attached hydrogens (tertiary/aromatic N) is 2. The Morgan fingerprint density at radius 2 is 2.25 bits per heavy atom. The summed E-state index contributed by atoms with van der Waals surface area (Å²) in [5.74, 6) is 6.89. The van der Waals surface area contributed by atoms with Gasteiger partial charge in [0, 0.05) is 17.0 Å². The van der Waals surface area contributed by atoms with Gasteiger partial charge in [-0.2, -0.15) is 4.98 Å². The van der Waals surface area contributed by atoms with Crippen LogP contribution in [0.25, 0.3) is 0 Å². The molecule has 6 nitrogen and oxygen atoms in total. The van der Waals surface area contributed by atoms with Gasteiger partial charge in [-0.05, 0) is 44.9 Å². The number of benzene rings is 1. The minimum absolute atomic E-state index is 0.193. The van der Waals surface area contributed by atoms with Crippen LogP contribution in [0.2, 0.25) is 0 Å². The van der Waals surface area contributed by atoms with Crippen molar-refractivity contribution in [1.82, 2.24) is 15.5 Å². The Kier molecular flexibility index (Phi) is 4.36. The number of hydrogen-bond acceptors (Lipinski definition) is 5. The molecule has 0 spiro atoms. The summed E-state index contributed by atoms with van der Waals surface area (Å²) in [6.07, 6.45) is 2.20. The average molecular weight is 325 g/mol. The molecule has 1 saturated carbocycles. The highest BCUT2D eigenvalue weighted by molar-refractivity contribution is 5.94. The molecule has 1 aromatic heterocycles. The highest BCUT2D eigenvalue weighted by Crippen LogP contribution is 2.38. The van der Waals surface area contributed by atoms with Crippen molar-refractivity contribution in [1.29, 1.82) is 0 Å². The Hall–Kier alpha value is -2.65. The quantitative estimate of drug-likeness (QED) is 0.840. The molecule has 0 aliphatic heterocycles. The first-order valence-corrected chi connectivity index (χ1v) is 7.87. The van der Waals surface area contributed by atoms with E-state index in [4.69, 9.17) is 4.52 Å². The lowest BCUT2D eigenvalue weighted by molar-refractivity contribution is 0.0946. The van der Waals surface area contributed by atoms with Crippen molar-refractivity contribution in [2.45, 2.75) is 44.8 Å². The van der Waals surface area contributed by atoms with E-state index in [1.807, 2.05) is 0 Å². The van der Waals surface area contributed by atoms with Gasteiger partial charge in [0.05, 0.1) is 6.54 Å². The van der Waals surface area contributed by atoms with Crippen molar-refractivity contribution in [2.24, 2.45) is 0 Å². The molecule has 1 amide bonds. The van der Waals surface area contributed by atoms with Crippen LogP contribution >= 0.6 is 0 Å². The van der Waals surface area contributed by atoms with Crippen LogP contribution < -0.4 is 5.32 Å². The van der Waals surface area contributed by atoms with Gasteiger partial charge in [-0.1, -0.05) is 23.1 Å². The van der Waals surface area contributed by atoms with E-state index < -0.39 is 5.60 Å². The maximum atomic E-state index is 12.2. The molecule has 3 rings (SSSR count). The molecule has 0 unspecified atom stereocenters. The molecule has 1 aromatic carbocycles. The van der Waals surface area contributed by atoms with Gasteiger partial charge in [-0.15, -0.1) is 0 Å². The molecule has 124 valence electrons. The standard InChI is InChI=1S/C18H19N3O3/c1-18(2,23)9-8-12-4-3-5-14(10-12)17(22)19-11-15-20-16(21-24-15)13-6-7-13/h3-5,10,13,23H,6-7,11H2,1-2H3,(H,19,22). The highest BCUT2D eigenvalue weighted by Gasteiger charge is 2.28. The third-order valence-electron chi connectivity index (χ3n) is 3.46. The van der Waals surface area contributed by atoms with E-state index >= 15 is 0 Å². The minimum atomic E-state index is -1.07. The SMILES string of the molecule is CC(C)(O)C#Cc1cccc(C(=O)NCc2nc(C3CC3)no2)c1. The number of aliphatic hydroxyl groups is 1. The first-order valence-electron chi connectivity index (χ1n) is 7.87. The zero-order chi connectivity index (χ0) is 17.2. The van der Waals surface area contributed by atoms with Crippen LogP contribution in [0.15, 0.2) is 28.8 Å². The van der Waals surface area contributed by atoms with E-state index in [1.54, 1.807) is 38.1 Å². The van der Waals surface area contributed by atoms with Gasteiger partial charge in [0.1, 0.15) is 5.60 Å². The fourth-order valence-corrected chi connectivity index (χ4v) is 2.07. The molecule has 2 aromatic rings. The Bertz CT molecular complexity index is 805. The van der Waals surface area contributed by atoms with Gasteiger partial charge in [0.25, 0.3) is 5.91 Å². The molecule has 1 heterocycles. The second kappa shape index (κ2) is 6.46. The summed E-state index contributed by atoms with van der Waals surface area (Å²) in [5, 5.41) is 16.3. The summed E-state index contributed by atoms with van der Waals surface area (Å²) in [6, 6.07) is 6.92. The molecule has 1 aliphatic rings. The van der Waals surface area contributed by atoms with Crippen molar-refractivity contribution < 1.29 is 14.4 Å². The summed E-state index contributed by atoms with van der Waals surface area (Å²) in [7, 11) is 0. The molecule has 0 bridgehead atoms. The molecule has 6 heteroatoms. The Balaban J connectivity index is 1.62. The van der Waals surface area contributed by atoms with E-state index in [0.717, 1.165) is 18.7 Å². The maximum Gasteiger partial charge on any atom is 0.251 e. The van der Waals surface area contributed by atoms with Crippen LogP contribution in [-0.4, -0.2) is 26.8 Å². The molecule has 24 heavy (non-hydrogen) atoms. The lowest BCUT2D eigenvalue weighted by Gasteiger charge is -2.06. The third kappa shape index (κ3) is 4.43. The van der Waals surface area contributed by atoms with Gasteiger partial charge < -0.3 is 14.9 Å². The minimum Gasteiger partial charge on any atom is -0.378 e. The summed E-state index contributed by atoms with van der Waals surface area (Å²) in [5.41, 5.74) is 0.0771. The zero-order valence-electron chi connectivity index (χ0n) is 13.7.